The van der Waals surface area contributed by atoms with Crippen molar-refractivity contribution in [1.29, 1.82) is 0 Å². The van der Waals surface area contributed by atoms with E-state index in [1.54, 1.807) is 0 Å². The summed E-state index contributed by atoms with van der Waals surface area (Å²) in [5.41, 5.74) is 7.68. The number of guanidine groups is 1. The molecule has 0 fully saturated rings. The minimum absolute atomic E-state index is 0. The number of amides is 1. The molecule has 0 aliphatic rings. The van der Waals surface area contributed by atoms with Crippen LogP contribution in [0, 0.1) is 0 Å². The average Bonchev–Trinajstić information content (AvgIpc) is 2.69. The molecule has 29 heavy (non-hydrogen) atoms. The normalized spacial score (nSPS) is 10.6. The average molecular weight is 512 g/mol. The van der Waals surface area contributed by atoms with Crippen LogP contribution in [0.25, 0.3) is 0 Å². The number of hydrogen-bond acceptors (Lipinski definition) is 4. The third-order valence-electron chi connectivity index (χ3n) is 3.78. The first-order chi connectivity index (χ1) is 13.6. The molecule has 158 valence electrons. The number of carbonyl (C=O) groups is 1. The van der Waals surface area contributed by atoms with Crippen LogP contribution in [-0.4, -0.2) is 31.6 Å². The van der Waals surface area contributed by atoms with Crippen LogP contribution in [0.5, 0.6) is 11.5 Å². The van der Waals surface area contributed by atoms with Crippen LogP contribution in [0.1, 0.15) is 25.8 Å². The highest BCUT2D eigenvalue weighted by Gasteiger charge is 2.07. The van der Waals surface area contributed by atoms with Crippen LogP contribution in [-0.2, 0) is 11.3 Å². The Morgan fingerprint density at radius 2 is 1.79 bits per heavy atom. The Balaban J connectivity index is 0.00000420. The summed E-state index contributed by atoms with van der Waals surface area (Å²) in [5, 5.41) is 5.88. The number of aliphatic imine (C=N–C) groups is 1. The fourth-order valence-corrected chi connectivity index (χ4v) is 2.48. The molecule has 2 aromatic carbocycles. The standard InChI is InChI=1S/C21H28N4O3.HI/c1-3-27-17-10-11-19(28-4-2)18(14-17)25-21(22)23-13-12-20(26)24-15-16-8-6-5-7-9-16;/h5-11,14H,3-4,12-13,15H2,1-2H3,(H,24,26)(H3,22,23,25);1H. The van der Waals surface area contributed by atoms with Crippen molar-refractivity contribution in [2.75, 3.05) is 25.1 Å². The van der Waals surface area contributed by atoms with Crippen molar-refractivity contribution in [2.45, 2.75) is 26.8 Å². The molecular weight excluding hydrogens is 483 g/mol. The predicted octanol–water partition coefficient (Wildman–Crippen LogP) is 3.54. The fourth-order valence-electron chi connectivity index (χ4n) is 2.48. The first-order valence-corrected chi connectivity index (χ1v) is 9.39. The van der Waals surface area contributed by atoms with Crippen molar-refractivity contribution in [3.05, 3.63) is 54.1 Å². The number of ether oxygens (including phenoxy) is 2. The minimum atomic E-state index is -0.0752. The maximum absolute atomic E-state index is 11.9. The lowest BCUT2D eigenvalue weighted by molar-refractivity contribution is -0.121. The van der Waals surface area contributed by atoms with Gasteiger partial charge >= 0.3 is 0 Å². The number of nitrogens with two attached hydrogens (primary N) is 1. The van der Waals surface area contributed by atoms with Crippen LogP contribution in [0.2, 0.25) is 0 Å². The molecule has 4 N–H and O–H groups in total. The Morgan fingerprint density at radius 3 is 2.48 bits per heavy atom. The first-order valence-electron chi connectivity index (χ1n) is 9.39. The summed E-state index contributed by atoms with van der Waals surface area (Å²) in [7, 11) is 0. The summed E-state index contributed by atoms with van der Waals surface area (Å²) < 4.78 is 11.1. The molecule has 0 saturated heterocycles. The molecule has 0 aliphatic heterocycles. The van der Waals surface area contributed by atoms with E-state index in [1.807, 2.05) is 62.4 Å². The number of hydrogen-bond donors (Lipinski definition) is 3. The van der Waals surface area contributed by atoms with E-state index in [0.717, 1.165) is 5.56 Å². The summed E-state index contributed by atoms with van der Waals surface area (Å²) in [5.74, 6) is 1.51. The number of anilines is 1. The number of nitrogens with zero attached hydrogens (tertiary/aromatic N) is 1. The maximum Gasteiger partial charge on any atom is 0.222 e. The lowest BCUT2D eigenvalue weighted by atomic mass is 10.2. The van der Waals surface area contributed by atoms with Gasteiger partial charge in [0.05, 0.1) is 25.4 Å². The Morgan fingerprint density at radius 1 is 1.07 bits per heavy atom. The molecule has 0 atom stereocenters. The number of benzene rings is 2. The van der Waals surface area contributed by atoms with Gasteiger partial charge in [-0.05, 0) is 31.5 Å². The molecule has 2 rings (SSSR count). The van der Waals surface area contributed by atoms with Gasteiger partial charge in [0.1, 0.15) is 11.5 Å². The number of nitrogens with one attached hydrogen (secondary N) is 2. The topological polar surface area (TPSA) is 98.0 Å². The van der Waals surface area contributed by atoms with Crippen molar-refractivity contribution in [2.24, 2.45) is 10.7 Å². The minimum Gasteiger partial charge on any atom is -0.494 e. The zero-order valence-corrected chi connectivity index (χ0v) is 19.1. The number of carbonyl (C=O) groups excluding carboxylic acids is 1. The van der Waals surface area contributed by atoms with E-state index in [4.69, 9.17) is 15.2 Å². The van der Waals surface area contributed by atoms with Crippen molar-refractivity contribution < 1.29 is 14.3 Å². The van der Waals surface area contributed by atoms with Crippen LogP contribution < -0.4 is 25.8 Å². The van der Waals surface area contributed by atoms with Crippen LogP contribution in [0.3, 0.4) is 0 Å². The van der Waals surface area contributed by atoms with Crippen molar-refractivity contribution in [3.63, 3.8) is 0 Å². The molecule has 0 bridgehead atoms. The largest absolute Gasteiger partial charge is 0.494 e. The molecule has 1 amide bonds. The first kappa shape index (κ1) is 24.5. The SMILES string of the molecule is CCOc1ccc(OCC)c(NC(N)=NCCC(=O)NCc2ccccc2)c1.I. The van der Waals surface area contributed by atoms with Gasteiger partial charge in [0.2, 0.25) is 5.91 Å². The summed E-state index contributed by atoms with van der Waals surface area (Å²) in [6, 6.07) is 15.2. The van der Waals surface area contributed by atoms with E-state index in [-0.39, 0.29) is 48.8 Å². The summed E-state index contributed by atoms with van der Waals surface area (Å²) in [4.78, 5) is 16.2. The van der Waals surface area contributed by atoms with E-state index in [2.05, 4.69) is 15.6 Å². The second kappa shape index (κ2) is 13.6. The van der Waals surface area contributed by atoms with Crippen molar-refractivity contribution in [3.8, 4) is 11.5 Å². The fraction of sp³-hybridized carbons (Fsp3) is 0.333. The molecule has 0 heterocycles. The van der Waals surface area contributed by atoms with E-state index in [9.17, 15) is 4.79 Å². The summed E-state index contributed by atoms with van der Waals surface area (Å²) >= 11 is 0. The van der Waals surface area contributed by atoms with E-state index >= 15 is 0 Å². The van der Waals surface area contributed by atoms with E-state index in [1.165, 1.54) is 0 Å². The Labute approximate surface area is 189 Å². The van der Waals surface area contributed by atoms with E-state index in [0.29, 0.717) is 36.9 Å². The van der Waals surface area contributed by atoms with Gasteiger partial charge < -0.3 is 25.8 Å². The van der Waals surface area contributed by atoms with Crippen molar-refractivity contribution in [1.82, 2.24) is 5.32 Å². The van der Waals surface area contributed by atoms with Gasteiger partial charge in [0.25, 0.3) is 0 Å². The third-order valence-corrected chi connectivity index (χ3v) is 3.78. The second-order valence-electron chi connectivity index (χ2n) is 5.93. The van der Waals surface area contributed by atoms with Gasteiger partial charge in [-0.25, -0.2) is 0 Å². The molecule has 0 saturated carbocycles. The van der Waals surface area contributed by atoms with E-state index < -0.39 is 0 Å². The Hall–Kier alpha value is -2.49. The highest BCUT2D eigenvalue weighted by atomic mass is 127. The smallest absolute Gasteiger partial charge is 0.222 e. The molecule has 2 aromatic rings. The third kappa shape index (κ3) is 9.03. The van der Waals surface area contributed by atoms with Crippen LogP contribution >= 0.6 is 24.0 Å². The molecule has 0 aliphatic carbocycles. The molecular formula is C21H29IN4O3. The molecule has 0 unspecified atom stereocenters. The highest BCUT2D eigenvalue weighted by molar-refractivity contribution is 14.0. The summed E-state index contributed by atoms with van der Waals surface area (Å²) in [6.07, 6.45) is 0.256. The van der Waals surface area contributed by atoms with Crippen LogP contribution in [0.15, 0.2) is 53.5 Å². The predicted molar refractivity (Wildman–Crippen MR) is 127 cm³/mol. The van der Waals surface area contributed by atoms with Crippen molar-refractivity contribution >= 4 is 41.5 Å². The zero-order chi connectivity index (χ0) is 20.2. The molecule has 0 radical (unpaired) electrons. The lowest BCUT2D eigenvalue weighted by Crippen LogP contribution is -2.26. The maximum atomic E-state index is 11.9. The van der Waals surface area contributed by atoms with Gasteiger partial charge in [-0.3, -0.25) is 9.79 Å². The lowest BCUT2D eigenvalue weighted by Gasteiger charge is -2.14. The Bertz CT molecular complexity index is 785. The monoisotopic (exact) mass is 512 g/mol. The van der Waals surface area contributed by atoms with Gasteiger partial charge in [-0.2, -0.15) is 0 Å². The molecule has 7 nitrogen and oxygen atoms in total. The summed E-state index contributed by atoms with van der Waals surface area (Å²) in [6.45, 7) is 5.71. The quantitative estimate of drug-likeness (QED) is 0.257. The van der Waals surface area contributed by atoms with Gasteiger partial charge in [-0.15, -0.1) is 24.0 Å². The second-order valence-corrected chi connectivity index (χ2v) is 5.93. The molecule has 0 aromatic heterocycles. The number of rotatable bonds is 10. The van der Waals surface area contributed by atoms with Gasteiger partial charge in [0, 0.05) is 19.0 Å². The van der Waals surface area contributed by atoms with Crippen LogP contribution in [0.4, 0.5) is 5.69 Å². The van der Waals surface area contributed by atoms with Gasteiger partial charge in [-0.1, -0.05) is 30.3 Å². The highest BCUT2D eigenvalue weighted by Crippen LogP contribution is 2.29. The zero-order valence-electron chi connectivity index (χ0n) is 16.8. The van der Waals surface area contributed by atoms with Gasteiger partial charge in [0.15, 0.2) is 5.96 Å². The molecule has 0 spiro atoms. The number of halogens is 1. The Kier molecular flexibility index (Phi) is 11.6. The molecule has 8 heteroatoms.